The van der Waals surface area contributed by atoms with Crippen molar-refractivity contribution in [1.29, 1.82) is 0 Å². The average Bonchev–Trinajstić information content (AvgIpc) is 0. The van der Waals surface area contributed by atoms with Gasteiger partial charge in [-0.2, -0.15) is 0 Å². The van der Waals surface area contributed by atoms with Crippen LogP contribution < -0.4 is 37.2 Å². The van der Waals surface area contributed by atoms with Gasteiger partial charge in [-0.3, -0.25) is 0 Å². The van der Waals surface area contributed by atoms with Gasteiger partial charge in [-0.25, -0.2) is 0 Å². The summed E-state index contributed by atoms with van der Waals surface area (Å²) < 4.78 is 0. The first-order valence-corrected chi connectivity index (χ1v) is 0. The Morgan fingerprint density at radius 1 is 0.500 bits per heavy atom. The molecule has 0 saturated carbocycles. The summed E-state index contributed by atoms with van der Waals surface area (Å²) in [6.45, 7) is 0. The van der Waals surface area contributed by atoms with Gasteiger partial charge in [0.1, 0.15) is 0 Å². The summed E-state index contributed by atoms with van der Waals surface area (Å²) in [6, 6.07) is 0. The number of hydrogen-bond acceptors (Lipinski definition) is 0. The Morgan fingerprint density at radius 3 is 0.500 bits per heavy atom. The van der Waals surface area contributed by atoms with Crippen molar-refractivity contribution in [3.05, 3.63) is 0 Å². The van der Waals surface area contributed by atoms with Gasteiger partial charge in [0.15, 0.2) is 0 Å². The SMILES string of the molecule is [Cl-].[Cl-].[Cl-].[Th]. The van der Waals surface area contributed by atoms with Gasteiger partial charge in [0.2, 0.25) is 0 Å². The second kappa shape index (κ2) is 19.0. The van der Waals surface area contributed by atoms with E-state index in [9.17, 15) is 0 Å². The van der Waals surface area contributed by atoms with Gasteiger partial charge in [-0.15, -0.1) is 0 Å². The van der Waals surface area contributed by atoms with Crippen LogP contribution in [-0.2, 0) is 0 Å². The second-order valence-corrected chi connectivity index (χ2v) is 0. The van der Waals surface area contributed by atoms with Crippen molar-refractivity contribution in [2.24, 2.45) is 0 Å². The van der Waals surface area contributed by atoms with Crippen molar-refractivity contribution in [3.63, 3.8) is 0 Å². The molecule has 0 fully saturated rings. The maximum absolute atomic E-state index is 0. The molecule has 0 heterocycles. The van der Waals surface area contributed by atoms with E-state index in [0.29, 0.717) is 0 Å². The molecule has 0 bridgehead atoms. The largest absolute Gasteiger partial charge is 1.00 e. The molecular weight excluding hydrogens is 338 g/mol. The third-order valence-corrected chi connectivity index (χ3v) is 0. The number of halogens is 3. The Balaban J connectivity index is 0. The summed E-state index contributed by atoms with van der Waals surface area (Å²) >= 11 is 0. The fourth-order valence-electron chi connectivity index (χ4n) is 0. The third kappa shape index (κ3) is 8.89. The van der Waals surface area contributed by atoms with Crippen LogP contribution in [-0.4, -0.2) is 0 Å². The minimum Gasteiger partial charge on any atom is -1.00 e. The van der Waals surface area contributed by atoms with Crippen molar-refractivity contribution >= 4 is 0 Å². The summed E-state index contributed by atoms with van der Waals surface area (Å²) in [5.41, 5.74) is 0. The molecule has 0 rings (SSSR count). The average molecular weight is 338 g/mol. The molecule has 0 atom stereocenters. The van der Waals surface area contributed by atoms with Crippen LogP contribution >= 0.6 is 0 Å². The maximum atomic E-state index is 0. The minimum absolute atomic E-state index is 0. The van der Waals surface area contributed by atoms with Crippen LogP contribution in [0.25, 0.3) is 0 Å². The molecular formula is Cl3Th-3. The number of rotatable bonds is 0. The van der Waals surface area contributed by atoms with Crippen LogP contribution in [0.4, 0.5) is 0 Å². The van der Waals surface area contributed by atoms with E-state index >= 15 is 0 Å². The molecule has 0 unspecified atom stereocenters. The van der Waals surface area contributed by atoms with Gasteiger partial charge in [0.25, 0.3) is 0 Å². The normalized spacial score (nSPS) is 0. The molecule has 0 aromatic heterocycles. The van der Waals surface area contributed by atoms with Crippen LogP contribution in [0.1, 0.15) is 0 Å². The van der Waals surface area contributed by atoms with Crippen LogP contribution in [0.2, 0.25) is 0 Å². The summed E-state index contributed by atoms with van der Waals surface area (Å²) in [7, 11) is 0. The molecule has 0 aliphatic rings. The van der Waals surface area contributed by atoms with E-state index < -0.39 is 0 Å². The molecule has 0 amide bonds. The van der Waals surface area contributed by atoms with E-state index in [0.717, 1.165) is 0 Å². The molecule has 0 spiro atoms. The first-order valence-electron chi connectivity index (χ1n) is 0. The van der Waals surface area contributed by atoms with E-state index in [-0.39, 0.29) is 77.2 Å². The van der Waals surface area contributed by atoms with Gasteiger partial charge in [-0.05, 0) is 0 Å². The Kier molecular flexibility index (Phi) is 165. The molecule has 0 radical (unpaired) electrons. The molecule has 0 N–H and O–H groups in total. The van der Waals surface area contributed by atoms with Gasteiger partial charge in [-0.1, -0.05) is 0 Å². The molecule has 0 nitrogen and oxygen atoms in total. The Labute approximate surface area is 76.0 Å². The van der Waals surface area contributed by atoms with Crippen molar-refractivity contribution in [2.75, 3.05) is 0 Å². The molecule has 0 aromatic carbocycles. The van der Waals surface area contributed by atoms with Crippen molar-refractivity contribution in [1.82, 2.24) is 0 Å². The topological polar surface area (TPSA) is 0 Å². The fourth-order valence-corrected chi connectivity index (χ4v) is 0. The Morgan fingerprint density at radius 2 is 0.500 bits per heavy atom. The smallest absolute Gasteiger partial charge is 0 e. The maximum Gasteiger partial charge on any atom is 0 e. The van der Waals surface area contributed by atoms with E-state index in [1.807, 2.05) is 0 Å². The predicted molar refractivity (Wildman–Crippen MR) is 0 cm³/mol. The van der Waals surface area contributed by atoms with Crippen LogP contribution in [0.5, 0.6) is 0 Å². The first-order chi connectivity index (χ1) is 0. The van der Waals surface area contributed by atoms with Gasteiger partial charge in [0.05, 0.1) is 0 Å². The van der Waals surface area contributed by atoms with Crippen LogP contribution in [0.15, 0.2) is 0 Å². The molecule has 0 aromatic rings. The fraction of sp³-hybridized carbons (Fsp3) is 0. The van der Waals surface area contributed by atoms with Gasteiger partial charge < -0.3 is 37.2 Å². The summed E-state index contributed by atoms with van der Waals surface area (Å²) in [6.07, 6.45) is 0. The first kappa shape index (κ1) is 34.7. The van der Waals surface area contributed by atoms with Gasteiger partial charge in [0, 0.05) is 39.9 Å². The second-order valence-electron chi connectivity index (χ2n) is 0. The standard InChI is InChI=1S/3ClH.Th/h3*1H;/p-3. The quantitative estimate of drug-likeness (QED) is 0.412. The monoisotopic (exact) mass is 337 g/mol. The molecule has 0 aliphatic heterocycles. The van der Waals surface area contributed by atoms with Crippen molar-refractivity contribution in [3.8, 4) is 0 Å². The zero-order chi connectivity index (χ0) is 0. The molecule has 28 valence electrons. The van der Waals surface area contributed by atoms with E-state index in [2.05, 4.69) is 0 Å². The van der Waals surface area contributed by atoms with E-state index in [1.54, 1.807) is 0 Å². The van der Waals surface area contributed by atoms with E-state index in [1.165, 1.54) is 0 Å². The van der Waals surface area contributed by atoms with Gasteiger partial charge >= 0.3 is 0 Å². The summed E-state index contributed by atoms with van der Waals surface area (Å²) in [5.74, 6) is 0. The summed E-state index contributed by atoms with van der Waals surface area (Å²) in [5, 5.41) is 0. The zero-order valence-corrected chi connectivity index (χ0v) is 8.01. The molecule has 4 heteroatoms. The van der Waals surface area contributed by atoms with Crippen molar-refractivity contribution < 1.29 is 77.2 Å². The molecule has 0 saturated heterocycles. The minimum atomic E-state index is 0. The zero-order valence-electron chi connectivity index (χ0n) is 1.63. The van der Waals surface area contributed by atoms with Crippen LogP contribution in [0.3, 0.4) is 0 Å². The Bertz CT molecular complexity index is 3.25. The van der Waals surface area contributed by atoms with Crippen LogP contribution in [0, 0.1) is 39.9 Å². The summed E-state index contributed by atoms with van der Waals surface area (Å²) in [4.78, 5) is 0. The van der Waals surface area contributed by atoms with Crippen molar-refractivity contribution in [2.45, 2.75) is 0 Å². The van der Waals surface area contributed by atoms with E-state index in [4.69, 9.17) is 0 Å². The third-order valence-electron chi connectivity index (χ3n) is 0. The molecule has 4 heavy (non-hydrogen) atoms. The Hall–Kier alpha value is 2.19. The number of hydrogen-bond donors (Lipinski definition) is 0. The molecule has 0 aliphatic carbocycles. The predicted octanol–water partition coefficient (Wildman–Crippen LogP) is -8.99.